The van der Waals surface area contributed by atoms with E-state index in [0.29, 0.717) is 22.9 Å². The van der Waals surface area contributed by atoms with Crippen LogP contribution in [0.25, 0.3) is 0 Å². The molecule has 136 valence electrons. The van der Waals surface area contributed by atoms with E-state index in [0.717, 1.165) is 6.42 Å². The van der Waals surface area contributed by atoms with Gasteiger partial charge in [0, 0.05) is 17.2 Å². The molecule has 1 aliphatic carbocycles. The summed E-state index contributed by atoms with van der Waals surface area (Å²) in [7, 11) is 0. The highest BCUT2D eigenvalue weighted by Crippen LogP contribution is 2.38. The number of benzene rings is 1. The third kappa shape index (κ3) is 4.44. The Balaban J connectivity index is 1.50. The lowest BCUT2D eigenvalue weighted by atomic mass is 10.2. The minimum absolute atomic E-state index is 0.0131. The van der Waals surface area contributed by atoms with Gasteiger partial charge in [-0.3, -0.25) is 14.4 Å². The van der Waals surface area contributed by atoms with Gasteiger partial charge in [0.05, 0.1) is 12.7 Å². The molecular weight excluding hydrogens is 338 g/mol. The summed E-state index contributed by atoms with van der Waals surface area (Å²) in [6, 6.07) is 6.62. The standard InChI is InChI=1S/C17H19N5O4/c1-10-6-14(10)17(26)19-12-4-2-11(3-5-12)16(25)18-7-13-8-22(21-20-13)9-15(23)24/h2-5,8,10,14H,6-7,9H2,1H3,(H,18,25)(H,19,26)(H,23,24). The molecule has 0 saturated heterocycles. The number of carbonyl (C=O) groups excluding carboxylic acids is 2. The first-order valence-corrected chi connectivity index (χ1v) is 8.22. The van der Waals surface area contributed by atoms with Crippen molar-refractivity contribution in [3.63, 3.8) is 0 Å². The van der Waals surface area contributed by atoms with Crippen LogP contribution >= 0.6 is 0 Å². The van der Waals surface area contributed by atoms with E-state index >= 15 is 0 Å². The van der Waals surface area contributed by atoms with Crippen molar-refractivity contribution in [2.45, 2.75) is 26.4 Å². The first kappa shape index (κ1) is 17.6. The molecule has 1 aromatic carbocycles. The number of carboxylic acids is 1. The van der Waals surface area contributed by atoms with Crippen molar-refractivity contribution in [1.82, 2.24) is 20.3 Å². The van der Waals surface area contributed by atoms with Crippen molar-refractivity contribution in [1.29, 1.82) is 0 Å². The molecule has 0 bridgehead atoms. The molecule has 1 aliphatic rings. The number of aromatic nitrogens is 3. The maximum Gasteiger partial charge on any atom is 0.325 e. The maximum absolute atomic E-state index is 12.1. The number of rotatable bonds is 7. The highest BCUT2D eigenvalue weighted by molar-refractivity contribution is 5.96. The summed E-state index contributed by atoms with van der Waals surface area (Å²) in [5.74, 6) is -0.777. The lowest BCUT2D eigenvalue weighted by Crippen LogP contribution is -2.23. The number of nitrogens with one attached hydrogen (secondary N) is 2. The fraction of sp³-hybridized carbons (Fsp3) is 0.353. The molecule has 9 nitrogen and oxygen atoms in total. The Hall–Kier alpha value is -3.23. The Bertz CT molecular complexity index is 830. The van der Waals surface area contributed by atoms with Crippen molar-refractivity contribution >= 4 is 23.5 Å². The summed E-state index contributed by atoms with van der Waals surface area (Å²) in [6.07, 6.45) is 2.38. The van der Waals surface area contributed by atoms with E-state index in [9.17, 15) is 14.4 Å². The van der Waals surface area contributed by atoms with E-state index in [1.165, 1.54) is 10.9 Å². The van der Waals surface area contributed by atoms with Gasteiger partial charge < -0.3 is 15.7 Å². The van der Waals surface area contributed by atoms with Gasteiger partial charge in [0.1, 0.15) is 12.2 Å². The normalized spacial score (nSPS) is 18.2. The SMILES string of the molecule is CC1CC1C(=O)Nc1ccc(C(=O)NCc2cn(CC(=O)O)nn2)cc1. The molecule has 1 aromatic heterocycles. The molecule has 0 aliphatic heterocycles. The molecule has 2 aromatic rings. The second kappa shape index (κ2) is 7.34. The number of carboxylic acid groups (broad SMARTS) is 1. The second-order valence-corrected chi connectivity index (χ2v) is 6.37. The monoisotopic (exact) mass is 357 g/mol. The van der Waals surface area contributed by atoms with Crippen molar-refractivity contribution in [2.24, 2.45) is 11.8 Å². The smallest absolute Gasteiger partial charge is 0.325 e. The maximum atomic E-state index is 12.1. The number of carbonyl (C=O) groups is 3. The molecule has 9 heteroatoms. The zero-order chi connectivity index (χ0) is 18.7. The van der Waals surface area contributed by atoms with Gasteiger partial charge in [0.15, 0.2) is 0 Å². The molecule has 2 atom stereocenters. The van der Waals surface area contributed by atoms with Crippen LogP contribution in [0, 0.1) is 11.8 Å². The molecule has 0 spiro atoms. The molecule has 3 rings (SSSR count). The van der Waals surface area contributed by atoms with Gasteiger partial charge in [-0.2, -0.15) is 0 Å². The van der Waals surface area contributed by atoms with E-state index in [2.05, 4.69) is 20.9 Å². The summed E-state index contributed by atoms with van der Waals surface area (Å²) in [4.78, 5) is 34.6. The van der Waals surface area contributed by atoms with Crippen LogP contribution in [-0.2, 0) is 22.7 Å². The zero-order valence-corrected chi connectivity index (χ0v) is 14.2. The predicted octanol–water partition coefficient (Wildman–Crippen LogP) is 0.887. The molecule has 26 heavy (non-hydrogen) atoms. The Morgan fingerprint density at radius 1 is 1.27 bits per heavy atom. The van der Waals surface area contributed by atoms with Gasteiger partial charge >= 0.3 is 5.97 Å². The third-order valence-corrected chi connectivity index (χ3v) is 4.17. The Kier molecular flexibility index (Phi) is 4.97. The van der Waals surface area contributed by atoms with Crippen LogP contribution in [0.4, 0.5) is 5.69 Å². The average molecular weight is 357 g/mol. The topological polar surface area (TPSA) is 126 Å². The third-order valence-electron chi connectivity index (χ3n) is 4.17. The summed E-state index contributed by atoms with van der Waals surface area (Å²) in [5.41, 5.74) is 1.56. The summed E-state index contributed by atoms with van der Waals surface area (Å²) in [5, 5.41) is 21.7. The number of amides is 2. The lowest BCUT2D eigenvalue weighted by Gasteiger charge is -2.06. The fourth-order valence-corrected chi connectivity index (χ4v) is 2.54. The second-order valence-electron chi connectivity index (χ2n) is 6.37. The first-order chi connectivity index (χ1) is 12.4. The van der Waals surface area contributed by atoms with Gasteiger partial charge in [-0.15, -0.1) is 5.10 Å². The van der Waals surface area contributed by atoms with Crippen molar-refractivity contribution in [2.75, 3.05) is 5.32 Å². The van der Waals surface area contributed by atoms with Crippen LogP contribution in [0.5, 0.6) is 0 Å². The number of anilines is 1. The largest absolute Gasteiger partial charge is 0.480 e. The van der Waals surface area contributed by atoms with Crippen LogP contribution in [0.1, 0.15) is 29.4 Å². The predicted molar refractivity (Wildman–Crippen MR) is 91.2 cm³/mol. The van der Waals surface area contributed by atoms with Crippen molar-refractivity contribution < 1.29 is 19.5 Å². The molecule has 3 N–H and O–H groups in total. The fourth-order valence-electron chi connectivity index (χ4n) is 2.54. The zero-order valence-electron chi connectivity index (χ0n) is 14.2. The van der Waals surface area contributed by atoms with Crippen LogP contribution in [-0.4, -0.2) is 37.9 Å². The van der Waals surface area contributed by atoms with Gasteiger partial charge in [-0.05, 0) is 36.6 Å². The minimum Gasteiger partial charge on any atom is -0.480 e. The number of hydrogen-bond donors (Lipinski definition) is 3. The van der Waals surface area contributed by atoms with Crippen LogP contribution in [0.15, 0.2) is 30.5 Å². The molecule has 0 radical (unpaired) electrons. The van der Waals surface area contributed by atoms with Crippen LogP contribution in [0.3, 0.4) is 0 Å². The van der Waals surface area contributed by atoms with E-state index in [4.69, 9.17) is 5.11 Å². The lowest BCUT2D eigenvalue weighted by molar-refractivity contribution is -0.137. The quantitative estimate of drug-likeness (QED) is 0.675. The number of aliphatic carboxylic acids is 1. The van der Waals surface area contributed by atoms with E-state index in [1.807, 2.05) is 6.92 Å². The van der Waals surface area contributed by atoms with Gasteiger partial charge in [0.2, 0.25) is 5.91 Å². The molecule has 1 saturated carbocycles. The van der Waals surface area contributed by atoms with E-state index < -0.39 is 5.97 Å². The molecule has 1 fully saturated rings. The average Bonchev–Trinajstić information content (AvgIpc) is 3.17. The highest BCUT2D eigenvalue weighted by Gasteiger charge is 2.39. The first-order valence-electron chi connectivity index (χ1n) is 8.22. The van der Waals surface area contributed by atoms with Crippen LogP contribution < -0.4 is 10.6 Å². The van der Waals surface area contributed by atoms with Gasteiger partial charge in [-0.25, -0.2) is 4.68 Å². The molecule has 2 unspecified atom stereocenters. The van der Waals surface area contributed by atoms with Crippen molar-refractivity contribution in [3.8, 4) is 0 Å². The molecule has 1 heterocycles. The van der Waals surface area contributed by atoms with Gasteiger partial charge in [-0.1, -0.05) is 12.1 Å². The Morgan fingerprint density at radius 2 is 1.96 bits per heavy atom. The number of nitrogens with zero attached hydrogens (tertiary/aromatic N) is 3. The molecular formula is C17H19N5O4. The van der Waals surface area contributed by atoms with Crippen molar-refractivity contribution in [3.05, 3.63) is 41.7 Å². The molecule has 2 amide bonds. The number of hydrogen-bond acceptors (Lipinski definition) is 5. The van der Waals surface area contributed by atoms with E-state index in [-0.39, 0.29) is 30.8 Å². The highest BCUT2D eigenvalue weighted by atomic mass is 16.4. The van der Waals surface area contributed by atoms with Crippen LogP contribution in [0.2, 0.25) is 0 Å². The summed E-state index contributed by atoms with van der Waals surface area (Å²) < 4.78 is 1.18. The summed E-state index contributed by atoms with van der Waals surface area (Å²) in [6.45, 7) is 1.89. The summed E-state index contributed by atoms with van der Waals surface area (Å²) >= 11 is 0. The Labute approximate surface area is 149 Å². The minimum atomic E-state index is -1.02. The Morgan fingerprint density at radius 3 is 2.58 bits per heavy atom. The van der Waals surface area contributed by atoms with E-state index in [1.54, 1.807) is 24.3 Å². The van der Waals surface area contributed by atoms with Gasteiger partial charge in [0.25, 0.3) is 5.91 Å².